The second kappa shape index (κ2) is 4.28. The molecule has 1 atom stereocenters. The summed E-state index contributed by atoms with van der Waals surface area (Å²) in [5.74, 6) is 0.670. The first-order valence-corrected chi connectivity index (χ1v) is 7.29. The van der Waals surface area contributed by atoms with E-state index in [0.29, 0.717) is 5.92 Å². The average molecular weight is 250 g/mol. The molecule has 2 aromatic heterocycles. The lowest BCUT2D eigenvalue weighted by Gasteiger charge is -2.18. The number of hydrogen-bond acceptors (Lipinski definition) is 4. The van der Waals surface area contributed by atoms with Gasteiger partial charge in [0.1, 0.15) is 5.01 Å². The van der Waals surface area contributed by atoms with Crippen LogP contribution < -0.4 is 5.73 Å². The molecule has 0 amide bonds. The Hall–Kier alpha value is -0.710. The number of fused-ring (bicyclic) bond motifs is 1. The van der Waals surface area contributed by atoms with Crippen LogP contribution in [0.1, 0.15) is 17.0 Å². The van der Waals surface area contributed by atoms with E-state index in [-0.39, 0.29) is 0 Å². The predicted octanol–water partition coefficient (Wildman–Crippen LogP) is 2.94. The largest absolute Gasteiger partial charge is 0.330 e. The Bertz CT molecular complexity index is 473. The molecule has 0 saturated heterocycles. The van der Waals surface area contributed by atoms with Gasteiger partial charge in [-0.1, -0.05) is 6.07 Å². The molecule has 84 valence electrons. The zero-order valence-electron chi connectivity index (χ0n) is 8.98. The molecule has 0 aromatic carbocycles. The molecular formula is C12H14N2S2. The Kier molecular flexibility index (Phi) is 2.79. The normalized spacial score (nSPS) is 19.7. The maximum Gasteiger partial charge on any atom is 0.133 e. The lowest BCUT2D eigenvalue weighted by Crippen LogP contribution is -2.21. The highest BCUT2D eigenvalue weighted by Gasteiger charge is 2.22. The first-order chi connectivity index (χ1) is 7.86. The van der Waals surface area contributed by atoms with Gasteiger partial charge < -0.3 is 5.73 Å². The number of rotatable bonds is 2. The molecule has 4 heteroatoms. The van der Waals surface area contributed by atoms with Crippen molar-refractivity contribution in [2.75, 3.05) is 6.54 Å². The molecule has 0 radical (unpaired) electrons. The van der Waals surface area contributed by atoms with Crippen LogP contribution in [-0.2, 0) is 12.8 Å². The van der Waals surface area contributed by atoms with E-state index in [2.05, 4.69) is 17.5 Å². The molecule has 1 unspecified atom stereocenters. The summed E-state index contributed by atoms with van der Waals surface area (Å²) in [4.78, 5) is 7.51. The van der Waals surface area contributed by atoms with Gasteiger partial charge in [-0.05, 0) is 43.2 Å². The zero-order chi connectivity index (χ0) is 11.0. The fraction of sp³-hybridized carbons (Fsp3) is 0.417. The molecule has 2 nitrogen and oxygen atoms in total. The van der Waals surface area contributed by atoms with Crippen molar-refractivity contribution in [2.45, 2.75) is 19.3 Å². The van der Waals surface area contributed by atoms with Crippen molar-refractivity contribution in [3.8, 4) is 9.88 Å². The minimum Gasteiger partial charge on any atom is -0.330 e. The van der Waals surface area contributed by atoms with Crippen molar-refractivity contribution < 1.29 is 0 Å². The number of thiophene rings is 1. The topological polar surface area (TPSA) is 38.9 Å². The third-order valence-corrected chi connectivity index (χ3v) is 5.27. The zero-order valence-corrected chi connectivity index (χ0v) is 10.6. The summed E-state index contributed by atoms with van der Waals surface area (Å²) < 4.78 is 0. The SMILES string of the molecule is NCC1CCc2nc(-c3cccs3)sc2C1. The van der Waals surface area contributed by atoms with Crippen molar-refractivity contribution in [1.29, 1.82) is 0 Å². The molecule has 2 N–H and O–H groups in total. The maximum atomic E-state index is 5.75. The Morgan fingerprint density at radius 3 is 3.19 bits per heavy atom. The first-order valence-electron chi connectivity index (χ1n) is 5.59. The van der Waals surface area contributed by atoms with Gasteiger partial charge in [0.25, 0.3) is 0 Å². The quantitative estimate of drug-likeness (QED) is 0.890. The smallest absolute Gasteiger partial charge is 0.133 e. The fourth-order valence-corrected chi connectivity index (χ4v) is 4.17. The second-order valence-electron chi connectivity index (χ2n) is 4.21. The highest BCUT2D eigenvalue weighted by atomic mass is 32.1. The molecule has 3 rings (SSSR count). The van der Waals surface area contributed by atoms with Gasteiger partial charge >= 0.3 is 0 Å². The summed E-state index contributed by atoms with van der Waals surface area (Å²) in [7, 11) is 0. The number of aryl methyl sites for hydroxylation is 1. The third-order valence-electron chi connectivity index (χ3n) is 3.11. The van der Waals surface area contributed by atoms with E-state index in [9.17, 15) is 0 Å². The van der Waals surface area contributed by atoms with Crippen molar-refractivity contribution in [1.82, 2.24) is 4.98 Å². The van der Waals surface area contributed by atoms with Crippen LogP contribution >= 0.6 is 22.7 Å². The fourth-order valence-electron chi connectivity index (χ4n) is 2.15. The summed E-state index contributed by atoms with van der Waals surface area (Å²) >= 11 is 3.63. The standard InChI is InChI=1S/C12H14N2S2/c13-7-8-3-4-9-11(6-8)16-12(14-9)10-2-1-5-15-10/h1-2,5,8H,3-4,6-7,13H2. The lowest BCUT2D eigenvalue weighted by molar-refractivity contribution is 0.470. The monoisotopic (exact) mass is 250 g/mol. The van der Waals surface area contributed by atoms with Gasteiger partial charge in [-0.3, -0.25) is 0 Å². The predicted molar refractivity (Wildman–Crippen MR) is 70.0 cm³/mol. The molecule has 1 aliphatic carbocycles. The Morgan fingerprint density at radius 1 is 1.50 bits per heavy atom. The van der Waals surface area contributed by atoms with E-state index in [0.717, 1.165) is 19.4 Å². The molecule has 0 aliphatic heterocycles. The van der Waals surface area contributed by atoms with Crippen LogP contribution in [0.4, 0.5) is 0 Å². The number of thiazole rings is 1. The van der Waals surface area contributed by atoms with E-state index in [1.165, 1.54) is 26.9 Å². The number of nitrogens with two attached hydrogens (primary N) is 1. The Labute approximate surface area is 103 Å². The van der Waals surface area contributed by atoms with Gasteiger partial charge in [0.05, 0.1) is 10.6 Å². The molecule has 2 aromatic rings. The van der Waals surface area contributed by atoms with E-state index in [4.69, 9.17) is 10.7 Å². The molecule has 0 spiro atoms. The average Bonchev–Trinajstić information content (AvgIpc) is 2.96. The van der Waals surface area contributed by atoms with Crippen LogP contribution in [-0.4, -0.2) is 11.5 Å². The van der Waals surface area contributed by atoms with E-state index in [1.807, 2.05) is 11.3 Å². The lowest BCUT2D eigenvalue weighted by atomic mass is 9.91. The summed E-state index contributed by atoms with van der Waals surface area (Å²) in [6.07, 6.45) is 3.45. The summed E-state index contributed by atoms with van der Waals surface area (Å²) in [5.41, 5.74) is 7.07. The number of hydrogen-bond donors (Lipinski definition) is 1. The molecule has 0 bridgehead atoms. The van der Waals surface area contributed by atoms with Crippen molar-refractivity contribution in [2.24, 2.45) is 11.7 Å². The molecule has 2 heterocycles. The van der Waals surface area contributed by atoms with Crippen molar-refractivity contribution in [3.05, 3.63) is 28.1 Å². The summed E-state index contributed by atoms with van der Waals surface area (Å²) in [6, 6.07) is 4.23. The van der Waals surface area contributed by atoms with Crippen molar-refractivity contribution in [3.63, 3.8) is 0 Å². The van der Waals surface area contributed by atoms with Crippen LogP contribution in [0.5, 0.6) is 0 Å². The maximum absolute atomic E-state index is 5.75. The van der Waals surface area contributed by atoms with E-state index >= 15 is 0 Å². The minimum absolute atomic E-state index is 0.670. The Balaban J connectivity index is 1.92. The van der Waals surface area contributed by atoms with Crippen LogP contribution in [0, 0.1) is 5.92 Å². The first kappa shape index (κ1) is 10.4. The van der Waals surface area contributed by atoms with Crippen LogP contribution in [0.2, 0.25) is 0 Å². The highest BCUT2D eigenvalue weighted by molar-refractivity contribution is 7.21. The highest BCUT2D eigenvalue weighted by Crippen LogP contribution is 2.35. The summed E-state index contributed by atoms with van der Waals surface area (Å²) in [6.45, 7) is 0.811. The van der Waals surface area contributed by atoms with Crippen LogP contribution in [0.15, 0.2) is 17.5 Å². The molecule has 1 aliphatic rings. The van der Waals surface area contributed by atoms with Gasteiger partial charge in [-0.25, -0.2) is 4.98 Å². The van der Waals surface area contributed by atoms with E-state index in [1.54, 1.807) is 11.3 Å². The van der Waals surface area contributed by atoms with Gasteiger partial charge in [0, 0.05) is 4.88 Å². The number of nitrogens with zero attached hydrogens (tertiary/aromatic N) is 1. The second-order valence-corrected chi connectivity index (χ2v) is 6.24. The molecular weight excluding hydrogens is 236 g/mol. The molecule has 16 heavy (non-hydrogen) atoms. The van der Waals surface area contributed by atoms with Crippen molar-refractivity contribution >= 4 is 22.7 Å². The van der Waals surface area contributed by atoms with Crippen LogP contribution in [0.3, 0.4) is 0 Å². The number of aromatic nitrogens is 1. The van der Waals surface area contributed by atoms with Crippen LogP contribution in [0.25, 0.3) is 9.88 Å². The third kappa shape index (κ3) is 1.81. The summed E-state index contributed by atoms with van der Waals surface area (Å²) in [5, 5.41) is 3.30. The van der Waals surface area contributed by atoms with Gasteiger partial charge in [0.15, 0.2) is 0 Å². The minimum atomic E-state index is 0.670. The molecule has 0 saturated carbocycles. The van der Waals surface area contributed by atoms with Gasteiger partial charge in [0.2, 0.25) is 0 Å². The molecule has 0 fully saturated rings. The Morgan fingerprint density at radius 2 is 2.44 bits per heavy atom. The van der Waals surface area contributed by atoms with Gasteiger partial charge in [-0.2, -0.15) is 0 Å². The van der Waals surface area contributed by atoms with Gasteiger partial charge in [-0.15, -0.1) is 22.7 Å². The van der Waals surface area contributed by atoms with E-state index < -0.39 is 0 Å².